The zero-order chi connectivity index (χ0) is 28.4. The highest BCUT2D eigenvalue weighted by atomic mass is 19.2. The third-order valence-corrected chi connectivity index (χ3v) is 7.88. The third kappa shape index (κ3) is 3.11. The Morgan fingerprint density at radius 1 is 0.950 bits per heavy atom. The largest absolute Gasteiger partial charge is 0.390 e. The molecule has 0 spiro atoms. The van der Waals surface area contributed by atoms with Crippen molar-refractivity contribution >= 4 is 55.4 Å². The van der Waals surface area contributed by atoms with Crippen molar-refractivity contribution in [2.24, 2.45) is 0 Å². The lowest BCUT2D eigenvalue weighted by Gasteiger charge is -2.43. The number of fused-ring (bicyclic) bond motifs is 10. The number of methoxy groups -OCH3 is 1. The average molecular weight is 557 g/mol. The van der Waals surface area contributed by atoms with E-state index in [1.165, 1.54) is 18.6 Å². The van der Waals surface area contributed by atoms with E-state index in [2.05, 4.69) is 10.3 Å². The normalized spacial score (nSPS) is 25.1. The Bertz CT molecular complexity index is 1980. The Hall–Kier alpha value is -4.04. The number of ether oxygens (including phenoxy) is 2. The van der Waals surface area contributed by atoms with Gasteiger partial charge in [-0.05, 0) is 19.1 Å². The third-order valence-electron chi connectivity index (χ3n) is 7.88. The Kier molecular flexibility index (Phi) is 5.00. The molecule has 4 N–H and O–H groups in total. The van der Waals surface area contributed by atoms with Gasteiger partial charge in [0.1, 0.15) is 6.10 Å². The van der Waals surface area contributed by atoms with Crippen molar-refractivity contribution < 1.29 is 46.8 Å². The zero-order valence-electron chi connectivity index (χ0n) is 20.7. The van der Waals surface area contributed by atoms with Gasteiger partial charge in [-0.3, -0.25) is 14.9 Å². The van der Waals surface area contributed by atoms with E-state index in [9.17, 15) is 37.4 Å². The maximum absolute atomic E-state index is 14.7. The second-order valence-corrected chi connectivity index (χ2v) is 10.2. The highest BCUT2D eigenvalue weighted by Crippen LogP contribution is 2.47. The van der Waals surface area contributed by atoms with E-state index in [1.807, 2.05) is 0 Å². The fraction of sp³-hybridized carbons (Fsp3) is 0.259. The van der Waals surface area contributed by atoms with Crippen LogP contribution in [-0.2, 0) is 9.47 Å². The van der Waals surface area contributed by atoms with Gasteiger partial charge in [-0.25, -0.2) is 17.6 Å². The van der Waals surface area contributed by atoms with Gasteiger partial charge in [0, 0.05) is 52.7 Å². The first-order valence-corrected chi connectivity index (χ1v) is 12.2. The number of H-pyrrole nitrogens is 1. The predicted molar refractivity (Wildman–Crippen MR) is 133 cm³/mol. The van der Waals surface area contributed by atoms with Crippen LogP contribution in [0.2, 0.25) is 0 Å². The minimum Gasteiger partial charge on any atom is -0.390 e. The highest BCUT2D eigenvalue weighted by Gasteiger charge is 2.46. The molecule has 0 unspecified atom stereocenters. The molecule has 4 heterocycles. The zero-order valence-corrected chi connectivity index (χ0v) is 20.7. The second kappa shape index (κ2) is 8.01. The molecule has 7 rings (SSSR count). The number of rotatable bonds is 2. The lowest BCUT2D eigenvalue weighted by atomic mass is 9.96. The van der Waals surface area contributed by atoms with Crippen molar-refractivity contribution in [1.29, 1.82) is 0 Å². The Balaban J connectivity index is 1.75. The van der Waals surface area contributed by atoms with Crippen LogP contribution in [0.15, 0.2) is 24.3 Å². The van der Waals surface area contributed by atoms with Gasteiger partial charge in [0.05, 0.1) is 33.8 Å². The molecule has 40 heavy (non-hydrogen) atoms. The molecule has 2 amide bonds. The molecular formula is C27H19F4N3O6. The number of carbonyl (C=O) groups is 2. The molecule has 4 atom stereocenters. The molecular weight excluding hydrogens is 538 g/mol. The highest BCUT2D eigenvalue weighted by molar-refractivity contribution is 6.39. The van der Waals surface area contributed by atoms with Crippen molar-refractivity contribution in [3.05, 3.63) is 58.7 Å². The number of aliphatic hydroxyl groups excluding tert-OH is 2. The molecule has 3 aromatic carbocycles. The van der Waals surface area contributed by atoms with Gasteiger partial charge in [-0.1, -0.05) is 0 Å². The number of carbonyl (C=O) groups excluding carboxylic acids is 2. The van der Waals surface area contributed by atoms with Gasteiger partial charge in [-0.2, -0.15) is 0 Å². The first kappa shape index (κ1) is 25.0. The topological polar surface area (TPSA) is 126 Å². The van der Waals surface area contributed by atoms with Gasteiger partial charge in [0.2, 0.25) is 0 Å². The smallest absolute Gasteiger partial charge is 0.259 e. The lowest BCUT2D eigenvalue weighted by molar-refractivity contribution is -0.319. The molecule has 0 saturated carbocycles. The van der Waals surface area contributed by atoms with Crippen LogP contribution in [0.1, 0.15) is 40.3 Å². The van der Waals surface area contributed by atoms with Gasteiger partial charge in [0.25, 0.3) is 11.8 Å². The molecule has 0 bridgehead atoms. The summed E-state index contributed by atoms with van der Waals surface area (Å²) in [6.45, 7) is 1.51. The number of aromatic nitrogens is 2. The number of amides is 2. The van der Waals surface area contributed by atoms with E-state index in [0.29, 0.717) is 0 Å². The van der Waals surface area contributed by atoms with E-state index < -0.39 is 59.3 Å². The minimum absolute atomic E-state index is 0.00207. The van der Waals surface area contributed by atoms with E-state index in [-0.39, 0.29) is 61.2 Å². The van der Waals surface area contributed by atoms with E-state index in [1.54, 1.807) is 0 Å². The molecule has 2 aliphatic heterocycles. The van der Waals surface area contributed by atoms with E-state index >= 15 is 0 Å². The summed E-state index contributed by atoms with van der Waals surface area (Å²) in [6, 6.07) is 3.42. The first-order valence-electron chi connectivity index (χ1n) is 12.2. The van der Waals surface area contributed by atoms with Gasteiger partial charge < -0.3 is 29.2 Å². The number of benzene rings is 3. The number of halogens is 4. The predicted octanol–water partition coefficient (Wildman–Crippen LogP) is 3.87. The second-order valence-electron chi connectivity index (χ2n) is 10.2. The Morgan fingerprint density at radius 3 is 2.23 bits per heavy atom. The number of nitrogens with zero attached hydrogens (tertiary/aromatic N) is 1. The minimum atomic E-state index is -1.62. The summed E-state index contributed by atoms with van der Waals surface area (Å²) in [5.41, 5.74) is -0.244. The van der Waals surface area contributed by atoms with Crippen molar-refractivity contribution in [3.8, 4) is 0 Å². The van der Waals surface area contributed by atoms with E-state index in [4.69, 9.17) is 9.47 Å². The molecule has 13 heteroatoms. The number of aliphatic hydroxyl groups is 2. The van der Waals surface area contributed by atoms with Crippen LogP contribution in [0.4, 0.5) is 17.6 Å². The van der Waals surface area contributed by atoms with Crippen LogP contribution < -0.4 is 5.32 Å². The molecule has 1 fully saturated rings. The number of aromatic amines is 1. The molecule has 5 aromatic rings. The maximum Gasteiger partial charge on any atom is 0.259 e. The lowest BCUT2D eigenvalue weighted by Crippen LogP contribution is -2.51. The summed E-state index contributed by atoms with van der Waals surface area (Å²) in [5, 5.41) is 24.1. The molecule has 0 radical (unpaired) electrons. The quantitative estimate of drug-likeness (QED) is 0.193. The van der Waals surface area contributed by atoms with Gasteiger partial charge >= 0.3 is 0 Å². The summed E-state index contributed by atoms with van der Waals surface area (Å²) in [4.78, 5) is 29.2. The van der Waals surface area contributed by atoms with Gasteiger partial charge in [0.15, 0.2) is 35.3 Å². The van der Waals surface area contributed by atoms with Crippen LogP contribution in [-0.4, -0.2) is 56.7 Å². The summed E-state index contributed by atoms with van der Waals surface area (Å²) in [7, 11) is 1.32. The van der Waals surface area contributed by atoms with Crippen molar-refractivity contribution in [3.63, 3.8) is 0 Å². The van der Waals surface area contributed by atoms with Gasteiger partial charge in [-0.15, -0.1) is 0 Å². The van der Waals surface area contributed by atoms with Crippen LogP contribution in [0, 0.1) is 23.3 Å². The summed E-state index contributed by atoms with van der Waals surface area (Å²) in [5.74, 6) is -8.00. The van der Waals surface area contributed by atoms with Crippen molar-refractivity contribution in [2.45, 2.75) is 37.6 Å². The average Bonchev–Trinajstić information content (AvgIpc) is 3.51. The van der Waals surface area contributed by atoms with Crippen molar-refractivity contribution in [2.75, 3.05) is 7.11 Å². The van der Waals surface area contributed by atoms with Crippen LogP contribution in [0.25, 0.3) is 43.6 Å². The Morgan fingerprint density at radius 2 is 1.55 bits per heavy atom. The van der Waals surface area contributed by atoms with Crippen LogP contribution >= 0.6 is 0 Å². The summed E-state index contributed by atoms with van der Waals surface area (Å²) < 4.78 is 70.8. The molecule has 9 nitrogen and oxygen atoms in total. The number of nitrogens with one attached hydrogen (secondary N) is 2. The van der Waals surface area contributed by atoms with E-state index in [0.717, 1.165) is 24.3 Å². The maximum atomic E-state index is 14.7. The summed E-state index contributed by atoms with van der Waals surface area (Å²) >= 11 is 0. The van der Waals surface area contributed by atoms with Crippen LogP contribution in [0.5, 0.6) is 0 Å². The number of hydrogen-bond donors (Lipinski definition) is 4. The monoisotopic (exact) mass is 557 g/mol. The molecule has 206 valence electrons. The molecule has 1 saturated heterocycles. The number of hydrogen-bond acceptors (Lipinski definition) is 6. The molecule has 2 aliphatic rings. The standard InChI is InChI=1S/C27H19F4N3O6/c1-27(39-2)7-16(35)23(36)26(40-27)34-15-6-13(31)11(29)4-9(15)18-20-19(24(37)33-25(20)38)17-8-3-10(28)12(30)5-14(8)32-21(17)22(18)34/h3-6,16,23,26,32,35-36H,7H2,1-2H3,(H,33,37,38)/t16-,23+,26+,27+/m0/s1. The summed E-state index contributed by atoms with van der Waals surface area (Å²) in [6.07, 6.45) is -4.62. The SMILES string of the molecule is CO[C@@]1(C)C[C@H](O)[C@@H](O)[C@H](n2c3cc(F)c(F)cc3c3c4c(c5c6cc(F)c(F)cc6[nH]c5c32)C(=O)NC4=O)O1. The fourth-order valence-electron chi connectivity index (χ4n) is 6.03. The molecule has 2 aromatic heterocycles. The fourth-order valence-corrected chi connectivity index (χ4v) is 6.03. The van der Waals surface area contributed by atoms with Crippen molar-refractivity contribution in [1.82, 2.24) is 14.9 Å². The first-order chi connectivity index (χ1) is 18.9. The Labute approximate surface area is 220 Å². The van der Waals surface area contributed by atoms with Crippen LogP contribution in [0.3, 0.4) is 0 Å². The molecule has 0 aliphatic carbocycles. The number of imide groups is 1.